The molecule has 29 heavy (non-hydrogen) atoms. The van der Waals surface area contributed by atoms with Crippen LogP contribution in [0.5, 0.6) is 0 Å². The van der Waals surface area contributed by atoms with Gasteiger partial charge in [-0.2, -0.15) is 14.6 Å². The quantitative estimate of drug-likeness (QED) is 0.656. The Morgan fingerprint density at radius 1 is 1.17 bits per heavy atom. The van der Waals surface area contributed by atoms with Gasteiger partial charge in [0.2, 0.25) is 11.6 Å². The van der Waals surface area contributed by atoms with E-state index in [0.717, 1.165) is 4.68 Å². The molecule has 0 saturated heterocycles. The second kappa shape index (κ2) is 7.35. The molecule has 0 aliphatic carbocycles. The van der Waals surface area contributed by atoms with Gasteiger partial charge in [0.25, 0.3) is 5.56 Å². The van der Waals surface area contributed by atoms with Gasteiger partial charge >= 0.3 is 11.4 Å². The summed E-state index contributed by atoms with van der Waals surface area (Å²) in [5.74, 6) is -0.489. The Bertz CT molecular complexity index is 1300. The fourth-order valence-electron chi connectivity index (χ4n) is 2.49. The summed E-state index contributed by atoms with van der Waals surface area (Å²) in [7, 11) is 0. The van der Waals surface area contributed by atoms with Gasteiger partial charge in [-0.05, 0) is 38.5 Å². The molecule has 0 fully saturated rings. The van der Waals surface area contributed by atoms with Crippen molar-refractivity contribution >= 4 is 23.2 Å². The SMILES string of the molecule is CC(C)(C)n1nc(Cc2c(Cl)cc(-n3nc(C#N)c(=O)[nH]c3=O)cc2Cl)oc1=O. The number of benzene rings is 1. The summed E-state index contributed by atoms with van der Waals surface area (Å²) in [5.41, 5.74) is -2.25. The van der Waals surface area contributed by atoms with Gasteiger partial charge in [-0.25, -0.2) is 9.59 Å². The molecule has 150 valence electrons. The lowest BCUT2D eigenvalue weighted by Gasteiger charge is -2.15. The van der Waals surface area contributed by atoms with Gasteiger partial charge in [0.05, 0.1) is 17.6 Å². The third-order valence-corrected chi connectivity index (χ3v) is 4.53. The van der Waals surface area contributed by atoms with Crippen molar-refractivity contribution in [1.82, 2.24) is 24.5 Å². The molecule has 1 aromatic carbocycles. The number of nitrogens with zero attached hydrogens (tertiary/aromatic N) is 5. The molecule has 3 rings (SSSR count). The summed E-state index contributed by atoms with van der Waals surface area (Å²) in [6, 6.07) is 4.36. The van der Waals surface area contributed by atoms with Gasteiger partial charge < -0.3 is 4.42 Å². The molecule has 2 aromatic heterocycles. The van der Waals surface area contributed by atoms with E-state index in [9.17, 15) is 14.4 Å². The first-order valence-corrected chi connectivity index (χ1v) is 8.98. The van der Waals surface area contributed by atoms with E-state index >= 15 is 0 Å². The Labute approximate surface area is 172 Å². The average Bonchev–Trinajstić information content (AvgIpc) is 2.99. The molecular formula is C17H14Cl2N6O4. The number of nitriles is 1. The van der Waals surface area contributed by atoms with Crippen LogP contribution in [-0.2, 0) is 12.0 Å². The van der Waals surface area contributed by atoms with Crippen LogP contribution >= 0.6 is 23.2 Å². The number of halogens is 2. The standard InChI is InChI=1S/C17H14Cl2N6O4/c1-17(2,3)25-16(28)29-13(23-25)6-9-10(18)4-8(5-11(9)19)24-15(27)21-14(26)12(7-20)22-24/h4-5H,6H2,1-3H3,(H,21,26,27). The largest absolute Gasteiger partial charge is 0.437 e. The predicted molar refractivity (Wildman–Crippen MR) is 104 cm³/mol. The zero-order valence-corrected chi connectivity index (χ0v) is 17.0. The minimum absolute atomic E-state index is 0.0354. The minimum Gasteiger partial charge on any atom is -0.392 e. The monoisotopic (exact) mass is 436 g/mol. The van der Waals surface area contributed by atoms with Crippen molar-refractivity contribution in [2.45, 2.75) is 32.7 Å². The molecule has 1 N–H and O–H groups in total. The first kappa shape index (κ1) is 20.6. The Morgan fingerprint density at radius 2 is 1.79 bits per heavy atom. The normalized spacial score (nSPS) is 11.4. The highest BCUT2D eigenvalue weighted by Gasteiger charge is 2.22. The van der Waals surface area contributed by atoms with E-state index < -0.39 is 28.2 Å². The van der Waals surface area contributed by atoms with E-state index in [1.807, 2.05) is 4.98 Å². The maximum absolute atomic E-state index is 12.0. The van der Waals surface area contributed by atoms with Gasteiger partial charge in [-0.1, -0.05) is 23.2 Å². The lowest BCUT2D eigenvalue weighted by molar-refractivity contribution is 0.325. The number of aromatic amines is 1. The zero-order valence-electron chi connectivity index (χ0n) is 15.5. The smallest absolute Gasteiger partial charge is 0.392 e. The molecule has 10 nitrogen and oxygen atoms in total. The summed E-state index contributed by atoms with van der Waals surface area (Å²) >= 11 is 12.6. The second-order valence-electron chi connectivity index (χ2n) is 7.04. The van der Waals surface area contributed by atoms with Crippen molar-refractivity contribution in [2.24, 2.45) is 0 Å². The third kappa shape index (κ3) is 4.01. The maximum atomic E-state index is 12.0. The Morgan fingerprint density at radius 3 is 2.31 bits per heavy atom. The van der Waals surface area contributed by atoms with Crippen molar-refractivity contribution in [3.63, 3.8) is 0 Å². The zero-order chi connectivity index (χ0) is 21.5. The number of rotatable bonds is 3. The summed E-state index contributed by atoms with van der Waals surface area (Å²) in [5, 5.41) is 17.1. The van der Waals surface area contributed by atoms with Gasteiger partial charge in [0.1, 0.15) is 6.07 Å². The van der Waals surface area contributed by atoms with Gasteiger partial charge in [0.15, 0.2) is 0 Å². The molecule has 0 unspecified atom stereocenters. The number of aromatic nitrogens is 5. The van der Waals surface area contributed by atoms with E-state index in [4.69, 9.17) is 32.9 Å². The lowest BCUT2D eigenvalue weighted by Crippen LogP contribution is -2.33. The summed E-state index contributed by atoms with van der Waals surface area (Å²) in [6.07, 6.45) is 0.0354. The van der Waals surface area contributed by atoms with E-state index in [2.05, 4.69) is 10.2 Å². The Hall–Kier alpha value is -3.16. The van der Waals surface area contributed by atoms with Crippen molar-refractivity contribution in [3.05, 3.63) is 70.7 Å². The molecule has 0 saturated carbocycles. The number of H-pyrrole nitrogens is 1. The number of hydrogen-bond acceptors (Lipinski definition) is 7. The molecule has 0 spiro atoms. The fourth-order valence-corrected chi connectivity index (χ4v) is 3.10. The lowest BCUT2D eigenvalue weighted by atomic mass is 10.1. The molecule has 0 atom stereocenters. The van der Waals surface area contributed by atoms with E-state index in [1.165, 1.54) is 16.8 Å². The topological polar surface area (TPSA) is 140 Å². The van der Waals surface area contributed by atoms with Gasteiger partial charge in [-0.15, -0.1) is 10.2 Å². The number of nitrogens with one attached hydrogen (secondary N) is 1. The molecule has 0 aliphatic heterocycles. The van der Waals surface area contributed by atoms with Crippen molar-refractivity contribution < 1.29 is 4.42 Å². The Balaban J connectivity index is 2.04. The molecule has 0 amide bonds. The van der Waals surface area contributed by atoms with Crippen LogP contribution in [0.25, 0.3) is 5.69 Å². The van der Waals surface area contributed by atoms with Crippen LogP contribution in [0.4, 0.5) is 0 Å². The van der Waals surface area contributed by atoms with Crippen LogP contribution in [0.15, 0.2) is 30.9 Å². The van der Waals surface area contributed by atoms with Crippen LogP contribution in [0.2, 0.25) is 10.0 Å². The highest BCUT2D eigenvalue weighted by atomic mass is 35.5. The first-order chi connectivity index (χ1) is 13.5. The van der Waals surface area contributed by atoms with Crippen molar-refractivity contribution in [2.75, 3.05) is 0 Å². The van der Waals surface area contributed by atoms with Crippen LogP contribution in [0.1, 0.15) is 37.9 Å². The number of hydrogen-bond donors (Lipinski definition) is 1. The van der Waals surface area contributed by atoms with Crippen LogP contribution in [0, 0.1) is 11.3 Å². The Kier molecular flexibility index (Phi) is 5.21. The first-order valence-electron chi connectivity index (χ1n) is 8.23. The molecule has 12 heteroatoms. The van der Waals surface area contributed by atoms with E-state index in [-0.39, 0.29) is 28.0 Å². The predicted octanol–water partition coefficient (Wildman–Crippen LogP) is 1.59. The molecule has 0 bridgehead atoms. The highest BCUT2D eigenvalue weighted by molar-refractivity contribution is 6.36. The van der Waals surface area contributed by atoms with Crippen molar-refractivity contribution in [3.8, 4) is 11.8 Å². The molecule has 3 aromatic rings. The molecule has 0 radical (unpaired) electrons. The summed E-state index contributed by atoms with van der Waals surface area (Å²) < 4.78 is 7.18. The van der Waals surface area contributed by atoms with Crippen LogP contribution < -0.4 is 17.0 Å². The van der Waals surface area contributed by atoms with E-state index in [0.29, 0.717) is 5.56 Å². The second-order valence-corrected chi connectivity index (χ2v) is 7.85. The van der Waals surface area contributed by atoms with Crippen LogP contribution in [-0.4, -0.2) is 24.5 Å². The van der Waals surface area contributed by atoms with Gasteiger partial charge in [-0.3, -0.25) is 9.78 Å². The highest BCUT2D eigenvalue weighted by Crippen LogP contribution is 2.29. The third-order valence-electron chi connectivity index (χ3n) is 3.86. The van der Waals surface area contributed by atoms with Crippen molar-refractivity contribution in [1.29, 1.82) is 5.26 Å². The summed E-state index contributed by atoms with van der Waals surface area (Å²) in [4.78, 5) is 37.5. The average molecular weight is 437 g/mol. The molecule has 0 aliphatic rings. The fraction of sp³-hybridized carbons (Fsp3) is 0.294. The van der Waals surface area contributed by atoms with Crippen LogP contribution in [0.3, 0.4) is 0 Å². The minimum atomic E-state index is -0.896. The maximum Gasteiger partial charge on any atom is 0.437 e. The molecular weight excluding hydrogens is 423 g/mol. The summed E-state index contributed by atoms with van der Waals surface area (Å²) in [6.45, 7) is 5.42. The van der Waals surface area contributed by atoms with E-state index in [1.54, 1.807) is 26.8 Å². The molecule has 2 heterocycles. The van der Waals surface area contributed by atoms with Gasteiger partial charge in [0, 0.05) is 10.0 Å².